The molecular weight excluding hydrogens is 244 g/mol. The highest BCUT2D eigenvalue weighted by Gasteiger charge is 2.38. The maximum atomic E-state index is 12.3. The average Bonchev–Trinajstić information content (AvgIpc) is 2.73. The molecular formula is C14H26N2O3. The summed E-state index contributed by atoms with van der Waals surface area (Å²) in [7, 11) is 0. The Morgan fingerprint density at radius 1 is 1.32 bits per heavy atom. The van der Waals surface area contributed by atoms with E-state index in [2.05, 4.69) is 0 Å². The highest BCUT2D eigenvalue weighted by molar-refractivity contribution is 5.88. The van der Waals surface area contributed by atoms with Crippen LogP contribution in [-0.2, 0) is 14.3 Å². The van der Waals surface area contributed by atoms with Gasteiger partial charge in [0.15, 0.2) is 0 Å². The summed E-state index contributed by atoms with van der Waals surface area (Å²) in [4.78, 5) is 26.0. The molecule has 1 rings (SSSR count). The van der Waals surface area contributed by atoms with Crippen molar-refractivity contribution in [2.45, 2.75) is 65.1 Å². The van der Waals surface area contributed by atoms with Gasteiger partial charge >= 0.3 is 5.97 Å². The Bertz CT molecular complexity index is 347. The van der Waals surface area contributed by atoms with Crippen molar-refractivity contribution in [2.75, 3.05) is 6.54 Å². The Morgan fingerprint density at radius 3 is 2.37 bits per heavy atom. The van der Waals surface area contributed by atoms with Crippen molar-refractivity contribution >= 4 is 11.9 Å². The van der Waals surface area contributed by atoms with Crippen molar-refractivity contribution in [3.8, 4) is 0 Å². The van der Waals surface area contributed by atoms with Crippen molar-refractivity contribution in [3.05, 3.63) is 0 Å². The van der Waals surface area contributed by atoms with Crippen molar-refractivity contribution in [3.63, 3.8) is 0 Å². The zero-order chi connectivity index (χ0) is 14.8. The van der Waals surface area contributed by atoms with Crippen LogP contribution in [0.1, 0.15) is 47.5 Å². The van der Waals surface area contributed by atoms with E-state index in [0.29, 0.717) is 13.0 Å². The number of rotatable bonds is 3. The van der Waals surface area contributed by atoms with Crippen molar-refractivity contribution in [2.24, 2.45) is 11.7 Å². The van der Waals surface area contributed by atoms with Gasteiger partial charge in [-0.15, -0.1) is 0 Å². The summed E-state index contributed by atoms with van der Waals surface area (Å²) in [5.74, 6) is -0.412. The summed E-state index contributed by atoms with van der Waals surface area (Å²) in [6.07, 6.45) is 1.48. The fourth-order valence-corrected chi connectivity index (χ4v) is 2.12. The monoisotopic (exact) mass is 270 g/mol. The van der Waals surface area contributed by atoms with Crippen LogP contribution in [0.5, 0.6) is 0 Å². The standard InChI is InChI=1S/C14H26N2O3/c1-9(2)11(15)12(17)16-8-6-7-10(16)13(18)19-14(3,4)5/h9-11H,6-8,15H2,1-5H3. The molecule has 0 spiro atoms. The molecule has 0 aromatic rings. The zero-order valence-electron chi connectivity index (χ0n) is 12.6. The Balaban J connectivity index is 2.74. The number of nitrogens with two attached hydrogens (primary N) is 1. The first kappa shape index (κ1) is 16.0. The van der Waals surface area contributed by atoms with Gasteiger partial charge in [0, 0.05) is 6.54 Å². The highest BCUT2D eigenvalue weighted by atomic mass is 16.6. The summed E-state index contributed by atoms with van der Waals surface area (Å²) in [5, 5.41) is 0. The molecule has 0 aromatic heterocycles. The lowest BCUT2D eigenvalue weighted by atomic mass is 10.0. The minimum absolute atomic E-state index is 0.0624. The molecule has 2 N–H and O–H groups in total. The van der Waals surface area contributed by atoms with E-state index in [1.165, 1.54) is 0 Å². The SMILES string of the molecule is CC(C)C(N)C(=O)N1CCCC1C(=O)OC(C)(C)C. The molecule has 1 saturated heterocycles. The first-order valence-electron chi connectivity index (χ1n) is 6.92. The number of ether oxygens (including phenoxy) is 1. The van der Waals surface area contributed by atoms with Crippen LogP contribution in [0, 0.1) is 5.92 Å². The number of hydrogen-bond donors (Lipinski definition) is 1. The lowest BCUT2D eigenvalue weighted by molar-refractivity contribution is -0.163. The molecule has 1 aliphatic rings. The van der Waals surface area contributed by atoms with E-state index in [0.717, 1.165) is 6.42 Å². The van der Waals surface area contributed by atoms with Crippen molar-refractivity contribution in [1.29, 1.82) is 0 Å². The smallest absolute Gasteiger partial charge is 0.329 e. The van der Waals surface area contributed by atoms with E-state index < -0.39 is 17.7 Å². The molecule has 0 saturated carbocycles. The summed E-state index contributed by atoms with van der Waals surface area (Å²) in [6.45, 7) is 9.87. The molecule has 1 amide bonds. The Hall–Kier alpha value is -1.10. The maximum Gasteiger partial charge on any atom is 0.329 e. The summed E-state index contributed by atoms with van der Waals surface area (Å²) in [6, 6.07) is -1.03. The van der Waals surface area contributed by atoms with Gasteiger partial charge in [-0.2, -0.15) is 0 Å². The first-order chi connectivity index (χ1) is 8.63. The fourth-order valence-electron chi connectivity index (χ4n) is 2.12. The van der Waals surface area contributed by atoms with Gasteiger partial charge in [0.2, 0.25) is 5.91 Å². The second-order valence-electron chi connectivity index (χ2n) is 6.49. The molecule has 110 valence electrons. The number of hydrogen-bond acceptors (Lipinski definition) is 4. The molecule has 5 heteroatoms. The number of likely N-dealkylation sites (tertiary alicyclic amines) is 1. The molecule has 2 unspecified atom stereocenters. The van der Waals surface area contributed by atoms with Crippen LogP contribution in [0.4, 0.5) is 0 Å². The number of carbonyl (C=O) groups excluding carboxylic acids is 2. The molecule has 0 bridgehead atoms. The second kappa shape index (κ2) is 5.90. The first-order valence-corrected chi connectivity index (χ1v) is 6.92. The molecule has 1 heterocycles. The molecule has 1 fully saturated rings. The largest absolute Gasteiger partial charge is 0.458 e. The van der Waals surface area contributed by atoms with Crippen LogP contribution in [0.15, 0.2) is 0 Å². The van der Waals surface area contributed by atoms with Gasteiger partial charge in [-0.25, -0.2) is 4.79 Å². The van der Waals surface area contributed by atoms with Crippen LogP contribution in [-0.4, -0.2) is 41.0 Å². The predicted octanol–water partition coefficient (Wildman–Crippen LogP) is 1.30. The molecule has 0 radical (unpaired) electrons. The second-order valence-corrected chi connectivity index (χ2v) is 6.49. The van der Waals surface area contributed by atoms with Crippen molar-refractivity contribution < 1.29 is 14.3 Å². The normalized spacial score (nSPS) is 21.6. The van der Waals surface area contributed by atoms with Gasteiger partial charge in [-0.05, 0) is 39.5 Å². The highest BCUT2D eigenvalue weighted by Crippen LogP contribution is 2.22. The van der Waals surface area contributed by atoms with Gasteiger partial charge in [-0.1, -0.05) is 13.8 Å². The molecule has 0 aliphatic carbocycles. The van der Waals surface area contributed by atoms with E-state index in [1.54, 1.807) is 4.90 Å². The lowest BCUT2D eigenvalue weighted by Gasteiger charge is -2.29. The minimum Gasteiger partial charge on any atom is -0.458 e. The zero-order valence-corrected chi connectivity index (χ0v) is 12.6. The molecule has 2 atom stereocenters. The number of carbonyl (C=O) groups is 2. The fraction of sp³-hybridized carbons (Fsp3) is 0.857. The predicted molar refractivity (Wildman–Crippen MR) is 73.4 cm³/mol. The molecule has 0 aromatic carbocycles. The van der Waals surface area contributed by atoms with E-state index in [9.17, 15) is 9.59 Å². The van der Waals surface area contributed by atoms with E-state index in [1.807, 2.05) is 34.6 Å². The number of nitrogens with zero attached hydrogens (tertiary/aromatic N) is 1. The van der Waals surface area contributed by atoms with Crippen LogP contribution in [0.3, 0.4) is 0 Å². The van der Waals surface area contributed by atoms with E-state index in [-0.39, 0.29) is 17.8 Å². The summed E-state index contributed by atoms with van der Waals surface area (Å²) >= 11 is 0. The molecule has 5 nitrogen and oxygen atoms in total. The number of esters is 1. The van der Waals surface area contributed by atoms with Crippen LogP contribution in [0.25, 0.3) is 0 Å². The maximum absolute atomic E-state index is 12.3. The van der Waals surface area contributed by atoms with Gasteiger partial charge in [0.25, 0.3) is 0 Å². The Labute approximate surface area is 115 Å². The lowest BCUT2D eigenvalue weighted by Crippen LogP contribution is -2.51. The third-order valence-corrected chi connectivity index (χ3v) is 3.22. The minimum atomic E-state index is -0.553. The van der Waals surface area contributed by atoms with Gasteiger partial charge in [0.1, 0.15) is 11.6 Å². The molecule has 19 heavy (non-hydrogen) atoms. The number of amides is 1. The van der Waals surface area contributed by atoms with E-state index in [4.69, 9.17) is 10.5 Å². The summed E-state index contributed by atoms with van der Waals surface area (Å²) < 4.78 is 5.37. The van der Waals surface area contributed by atoms with Gasteiger partial charge in [0.05, 0.1) is 6.04 Å². The van der Waals surface area contributed by atoms with Crippen LogP contribution < -0.4 is 5.73 Å². The third-order valence-electron chi connectivity index (χ3n) is 3.22. The van der Waals surface area contributed by atoms with Crippen LogP contribution >= 0.6 is 0 Å². The van der Waals surface area contributed by atoms with Crippen LogP contribution in [0.2, 0.25) is 0 Å². The van der Waals surface area contributed by atoms with Crippen molar-refractivity contribution in [1.82, 2.24) is 4.90 Å². The third kappa shape index (κ3) is 4.20. The topological polar surface area (TPSA) is 72.6 Å². The molecule has 1 aliphatic heterocycles. The van der Waals surface area contributed by atoms with E-state index >= 15 is 0 Å². The quantitative estimate of drug-likeness (QED) is 0.785. The Kier molecular flexibility index (Phi) is 4.96. The van der Waals surface area contributed by atoms with Gasteiger partial charge < -0.3 is 15.4 Å². The Morgan fingerprint density at radius 2 is 1.89 bits per heavy atom. The average molecular weight is 270 g/mol. The van der Waals surface area contributed by atoms with Gasteiger partial charge in [-0.3, -0.25) is 4.79 Å². The summed E-state index contributed by atoms with van der Waals surface area (Å²) in [5.41, 5.74) is 5.35.